The van der Waals surface area contributed by atoms with Gasteiger partial charge in [-0.15, -0.1) is 0 Å². The van der Waals surface area contributed by atoms with E-state index < -0.39 is 23.9 Å². The SMILES string of the molecule is CCOc1ccc(N2C(=O)[C@H]3N=NN(Cc4nc(-c5ccc(C)c(C)c5)no4)[C@H]3C2=O)cc1. The molecule has 0 N–H and O–H groups in total. The number of imide groups is 1. The van der Waals surface area contributed by atoms with Crippen LogP contribution in [0.25, 0.3) is 11.4 Å². The third-order valence-electron chi connectivity index (χ3n) is 5.79. The summed E-state index contributed by atoms with van der Waals surface area (Å²) in [6.45, 7) is 6.53. The van der Waals surface area contributed by atoms with Gasteiger partial charge in [0, 0.05) is 5.56 Å². The number of aromatic nitrogens is 2. The molecule has 168 valence electrons. The fourth-order valence-corrected chi connectivity index (χ4v) is 3.92. The number of rotatable bonds is 6. The minimum atomic E-state index is -0.897. The lowest BCUT2D eigenvalue weighted by atomic mass is 10.1. The number of nitrogens with zero attached hydrogens (tertiary/aromatic N) is 6. The molecule has 0 radical (unpaired) electrons. The Kier molecular flexibility index (Phi) is 5.12. The van der Waals surface area contributed by atoms with Crippen molar-refractivity contribution >= 4 is 17.5 Å². The Labute approximate surface area is 189 Å². The topological polar surface area (TPSA) is 113 Å². The van der Waals surface area contributed by atoms with E-state index in [0.29, 0.717) is 23.9 Å². The molecule has 5 rings (SSSR count). The molecule has 2 aromatic carbocycles. The molecule has 10 heteroatoms. The van der Waals surface area contributed by atoms with E-state index in [2.05, 4.69) is 20.5 Å². The summed E-state index contributed by atoms with van der Waals surface area (Å²) in [5.74, 6) is 0.584. The second-order valence-electron chi connectivity index (χ2n) is 7.94. The lowest BCUT2D eigenvalue weighted by Gasteiger charge is -2.19. The highest BCUT2D eigenvalue weighted by atomic mass is 16.5. The molecule has 2 atom stereocenters. The largest absolute Gasteiger partial charge is 0.494 e. The zero-order valence-corrected chi connectivity index (χ0v) is 18.4. The van der Waals surface area contributed by atoms with Gasteiger partial charge >= 0.3 is 0 Å². The van der Waals surface area contributed by atoms with Crippen LogP contribution in [-0.4, -0.2) is 45.7 Å². The van der Waals surface area contributed by atoms with Gasteiger partial charge in [-0.25, -0.2) is 4.90 Å². The van der Waals surface area contributed by atoms with Crippen LogP contribution < -0.4 is 9.64 Å². The maximum absolute atomic E-state index is 13.2. The first-order valence-corrected chi connectivity index (χ1v) is 10.6. The number of hydrogen-bond donors (Lipinski definition) is 0. The maximum atomic E-state index is 13.2. The van der Waals surface area contributed by atoms with Gasteiger partial charge in [0.2, 0.25) is 11.7 Å². The van der Waals surface area contributed by atoms with Crippen LogP contribution in [0.3, 0.4) is 0 Å². The zero-order chi connectivity index (χ0) is 23.1. The van der Waals surface area contributed by atoms with Crippen LogP contribution in [0.5, 0.6) is 5.75 Å². The van der Waals surface area contributed by atoms with Crippen LogP contribution in [0, 0.1) is 13.8 Å². The van der Waals surface area contributed by atoms with Gasteiger partial charge in [-0.3, -0.25) is 14.6 Å². The number of fused-ring (bicyclic) bond motifs is 1. The van der Waals surface area contributed by atoms with Crippen molar-refractivity contribution in [2.45, 2.75) is 39.4 Å². The van der Waals surface area contributed by atoms with E-state index in [1.165, 1.54) is 10.6 Å². The third-order valence-corrected chi connectivity index (χ3v) is 5.79. The Morgan fingerprint density at radius 3 is 2.55 bits per heavy atom. The van der Waals surface area contributed by atoms with E-state index in [-0.39, 0.29) is 12.4 Å². The Morgan fingerprint density at radius 2 is 1.82 bits per heavy atom. The summed E-state index contributed by atoms with van der Waals surface area (Å²) in [6, 6.07) is 11.0. The molecule has 1 aromatic heterocycles. The van der Waals surface area contributed by atoms with E-state index in [0.717, 1.165) is 16.0 Å². The predicted octanol–water partition coefficient (Wildman–Crippen LogP) is 3.25. The van der Waals surface area contributed by atoms with E-state index >= 15 is 0 Å². The quantitative estimate of drug-likeness (QED) is 0.534. The van der Waals surface area contributed by atoms with Gasteiger partial charge in [-0.2, -0.15) is 10.1 Å². The van der Waals surface area contributed by atoms with Gasteiger partial charge in [-0.05, 0) is 62.2 Å². The molecule has 1 saturated heterocycles. The summed E-state index contributed by atoms with van der Waals surface area (Å²) in [7, 11) is 0. The number of benzene rings is 2. The van der Waals surface area contributed by atoms with E-state index in [9.17, 15) is 9.59 Å². The minimum absolute atomic E-state index is 0.0681. The van der Waals surface area contributed by atoms with Crippen LogP contribution >= 0.6 is 0 Å². The lowest BCUT2D eigenvalue weighted by Crippen LogP contribution is -2.39. The first kappa shape index (κ1) is 20.8. The molecule has 2 aliphatic rings. The summed E-state index contributed by atoms with van der Waals surface area (Å²) in [5, 5.41) is 13.5. The number of anilines is 1. The van der Waals surface area contributed by atoms with E-state index in [1.807, 2.05) is 39.0 Å². The van der Waals surface area contributed by atoms with Crippen molar-refractivity contribution in [3.8, 4) is 17.1 Å². The van der Waals surface area contributed by atoms with Crippen molar-refractivity contribution in [3.63, 3.8) is 0 Å². The third kappa shape index (κ3) is 3.63. The summed E-state index contributed by atoms with van der Waals surface area (Å²) >= 11 is 0. The van der Waals surface area contributed by atoms with Crippen LogP contribution in [0.2, 0.25) is 0 Å². The molecule has 3 heterocycles. The molecule has 2 aliphatic heterocycles. The molecule has 33 heavy (non-hydrogen) atoms. The Morgan fingerprint density at radius 1 is 1.03 bits per heavy atom. The first-order valence-electron chi connectivity index (χ1n) is 10.6. The van der Waals surface area contributed by atoms with Crippen molar-refractivity contribution in [3.05, 3.63) is 59.5 Å². The first-order chi connectivity index (χ1) is 16.0. The molecule has 10 nitrogen and oxygen atoms in total. The average molecular weight is 446 g/mol. The molecule has 2 amide bonds. The van der Waals surface area contributed by atoms with Gasteiger partial charge in [0.05, 0.1) is 12.3 Å². The normalized spacial score (nSPS) is 19.5. The fourth-order valence-electron chi connectivity index (χ4n) is 3.92. The molecular formula is C23H22N6O4. The minimum Gasteiger partial charge on any atom is -0.494 e. The maximum Gasteiger partial charge on any atom is 0.263 e. The number of aryl methyl sites for hydroxylation is 2. The van der Waals surface area contributed by atoms with Crippen molar-refractivity contribution in [2.75, 3.05) is 11.5 Å². The van der Waals surface area contributed by atoms with Crippen LogP contribution in [0.1, 0.15) is 23.9 Å². The van der Waals surface area contributed by atoms with Crippen LogP contribution in [0.4, 0.5) is 5.69 Å². The Hall–Kier alpha value is -4.08. The second kappa shape index (κ2) is 8.12. The second-order valence-corrected chi connectivity index (χ2v) is 7.94. The van der Waals surface area contributed by atoms with Crippen LogP contribution in [-0.2, 0) is 16.1 Å². The highest BCUT2D eigenvalue weighted by molar-refractivity contribution is 6.25. The number of amides is 2. The van der Waals surface area contributed by atoms with Crippen molar-refractivity contribution in [1.82, 2.24) is 15.1 Å². The van der Waals surface area contributed by atoms with E-state index in [1.54, 1.807) is 24.3 Å². The fraction of sp³-hybridized carbons (Fsp3) is 0.304. The van der Waals surface area contributed by atoms with Gasteiger partial charge < -0.3 is 9.26 Å². The molecule has 3 aromatic rings. The van der Waals surface area contributed by atoms with E-state index in [4.69, 9.17) is 9.26 Å². The molecular weight excluding hydrogens is 424 g/mol. The Balaban J connectivity index is 1.33. The average Bonchev–Trinajstić information content (AvgIpc) is 3.50. The summed E-state index contributed by atoms with van der Waals surface area (Å²) in [5.41, 5.74) is 3.60. The van der Waals surface area contributed by atoms with Gasteiger partial charge in [-0.1, -0.05) is 22.5 Å². The van der Waals surface area contributed by atoms with Crippen molar-refractivity contribution in [2.24, 2.45) is 10.3 Å². The highest BCUT2D eigenvalue weighted by Crippen LogP contribution is 2.33. The van der Waals surface area contributed by atoms with Gasteiger partial charge in [0.1, 0.15) is 12.3 Å². The Bertz CT molecular complexity index is 1250. The smallest absolute Gasteiger partial charge is 0.263 e. The molecule has 0 saturated carbocycles. The number of carbonyl (C=O) groups is 2. The van der Waals surface area contributed by atoms with Gasteiger partial charge in [0.15, 0.2) is 12.1 Å². The molecule has 0 aliphatic carbocycles. The lowest BCUT2D eigenvalue weighted by molar-refractivity contribution is -0.123. The van der Waals surface area contributed by atoms with Crippen molar-refractivity contribution in [1.29, 1.82) is 0 Å². The summed E-state index contributed by atoms with van der Waals surface area (Å²) in [4.78, 5) is 31.6. The summed E-state index contributed by atoms with van der Waals surface area (Å²) < 4.78 is 10.8. The number of hydrogen-bond acceptors (Lipinski definition) is 9. The van der Waals surface area contributed by atoms with Crippen LogP contribution in [0.15, 0.2) is 57.3 Å². The highest BCUT2D eigenvalue weighted by Gasteiger charge is 2.55. The predicted molar refractivity (Wildman–Crippen MR) is 117 cm³/mol. The molecule has 1 fully saturated rings. The number of carbonyl (C=O) groups excluding carboxylic acids is 2. The number of ether oxygens (including phenoxy) is 1. The summed E-state index contributed by atoms with van der Waals surface area (Å²) in [6.07, 6.45) is 0. The molecule has 0 bridgehead atoms. The van der Waals surface area contributed by atoms with Crippen molar-refractivity contribution < 1.29 is 18.8 Å². The standard InChI is InChI=1S/C23H22N6O4/c1-4-32-17-9-7-16(8-10-17)29-22(30)19-20(23(29)31)28(27-25-19)12-18-24-21(26-33-18)15-6-5-13(2)14(3)11-15/h5-11,19-20H,4,12H2,1-3H3/t19-,20+/m0/s1. The monoisotopic (exact) mass is 446 g/mol. The van der Waals surface area contributed by atoms with Gasteiger partial charge in [0.25, 0.3) is 11.8 Å². The molecule has 0 spiro atoms. The zero-order valence-electron chi connectivity index (χ0n) is 18.4. The molecule has 0 unspecified atom stereocenters.